The second-order valence-corrected chi connectivity index (χ2v) is 7.66. The SMILES string of the molecule is Cc1cccc(Nc2ncnc(N(Cc3ccccc3)Cc3ccccc3)c2N)c1C. The molecule has 0 unspecified atom stereocenters. The van der Waals surface area contributed by atoms with Gasteiger partial charge < -0.3 is 16.0 Å². The zero-order chi connectivity index (χ0) is 21.6. The van der Waals surface area contributed by atoms with Gasteiger partial charge in [0.05, 0.1) is 0 Å². The van der Waals surface area contributed by atoms with E-state index in [1.54, 1.807) is 6.33 Å². The summed E-state index contributed by atoms with van der Waals surface area (Å²) in [5, 5.41) is 3.40. The summed E-state index contributed by atoms with van der Waals surface area (Å²) in [6.07, 6.45) is 1.57. The Morgan fingerprint density at radius 2 is 1.39 bits per heavy atom. The highest BCUT2D eigenvalue weighted by molar-refractivity contribution is 5.79. The molecule has 0 saturated heterocycles. The largest absolute Gasteiger partial charge is 0.393 e. The molecule has 3 N–H and O–H groups in total. The number of benzene rings is 3. The van der Waals surface area contributed by atoms with E-state index in [1.807, 2.05) is 48.5 Å². The van der Waals surface area contributed by atoms with Gasteiger partial charge in [-0.05, 0) is 42.2 Å². The molecule has 5 heteroatoms. The quantitative estimate of drug-likeness (QED) is 0.414. The van der Waals surface area contributed by atoms with E-state index in [0.29, 0.717) is 24.6 Å². The van der Waals surface area contributed by atoms with Crippen molar-refractivity contribution in [1.29, 1.82) is 0 Å². The molecule has 0 aliphatic rings. The van der Waals surface area contributed by atoms with E-state index >= 15 is 0 Å². The molecule has 0 radical (unpaired) electrons. The Bertz CT molecular complexity index is 1100. The van der Waals surface area contributed by atoms with Crippen LogP contribution in [0.1, 0.15) is 22.3 Å². The number of nitrogens with one attached hydrogen (secondary N) is 1. The fourth-order valence-corrected chi connectivity index (χ4v) is 3.57. The van der Waals surface area contributed by atoms with Crippen LogP contribution in [-0.2, 0) is 13.1 Å². The highest BCUT2D eigenvalue weighted by Gasteiger charge is 2.17. The fourth-order valence-electron chi connectivity index (χ4n) is 3.57. The Morgan fingerprint density at radius 3 is 2.00 bits per heavy atom. The number of nitrogens with zero attached hydrogens (tertiary/aromatic N) is 3. The van der Waals surface area contributed by atoms with Crippen LogP contribution in [-0.4, -0.2) is 9.97 Å². The summed E-state index contributed by atoms with van der Waals surface area (Å²) in [5.74, 6) is 1.33. The first-order valence-corrected chi connectivity index (χ1v) is 10.4. The Balaban J connectivity index is 1.69. The summed E-state index contributed by atoms with van der Waals surface area (Å²) in [7, 11) is 0. The third-order valence-corrected chi connectivity index (χ3v) is 5.45. The second-order valence-electron chi connectivity index (χ2n) is 7.66. The molecule has 156 valence electrons. The molecule has 31 heavy (non-hydrogen) atoms. The smallest absolute Gasteiger partial charge is 0.159 e. The summed E-state index contributed by atoms with van der Waals surface area (Å²) >= 11 is 0. The van der Waals surface area contributed by atoms with Crippen LogP contribution in [0.5, 0.6) is 0 Å². The van der Waals surface area contributed by atoms with Gasteiger partial charge in [0.25, 0.3) is 0 Å². The summed E-state index contributed by atoms with van der Waals surface area (Å²) < 4.78 is 0. The van der Waals surface area contributed by atoms with Crippen molar-refractivity contribution in [3.8, 4) is 0 Å². The molecule has 0 atom stereocenters. The first-order chi connectivity index (χ1) is 15.1. The molecule has 0 fully saturated rings. The van der Waals surface area contributed by atoms with Crippen molar-refractivity contribution in [1.82, 2.24) is 9.97 Å². The number of nitrogens with two attached hydrogens (primary N) is 1. The average Bonchev–Trinajstić information content (AvgIpc) is 2.79. The third kappa shape index (κ3) is 4.83. The van der Waals surface area contributed by atoms with E-state index in [0.717, 1.165) is 11.5 Å². The van der Waals surface area contributed by atoms with Gasteiger partial charge in [-0.25, -0.2) is 9.97 Å². The van der Waals surface area contributed by atoms with E-state index in [-0.39, 0.29) is 0 Å². The molecule has 0 aliphatic heterocycles. The topological polar surface area (TPSA) is 67.1 Å². The van der Waals surface area contributed by atoms with E-state index in [4.69, 9.17) is 5.73 Å². The highest BCUT2D eigenvalue weighted by atomic mass is 15.2. The van der Waals surface area contributed by atoms with Crippen molar-refractivity contribution < 1.29 is 0 Å². The highest BCUT2D eigenvalue weighted by Crippen LogP contribution is 2.31. The van der Waals surface area contributed by atoms with Gasteiger partial charge in [0.2, 0.25) is 0 Å². The third-order valence-electron chi connectivity index (χ3n) is 5.45. The van der Waals surface area contributed by atoms with Crippen LogP contribution >= 0.6 is 0 Å². The summed E-state index contributed by atoms with van der Waals surface area (Å²) in [6, 6.07) is 26.9. The zero-order valence-corrected chi connectivity index (χ0v) is 17.9. The monoisotopic (exact) mass is 409 g/mol. The van der Waals surface area contributed by atoms with Gasteiger partial charge in [-0.15, -0.1) is 0 Å². The molecular weight excluding hydrogens is 382 g/mol. The van der Waals surface area contributed by atoms with Crippen LogP contribution in [0.15, 0.2) is 85.2 Å². The van der Waals surface area contributed by atoms with Gasteiger partial charge in [-0.1, -0.05) is 72.8 Å². The fraction of sp³-hybridized carbons (Fsp3) is 0.154. The number of aromatic nitrogens is 2. The summed E-state index contributed by atoms with van der Waals surface area (Å²) in [4.78, 5) is 11.2. The van der Waals surface area contributed by atoms with Crippen molar-refractivity contribution in [2.24, 2.45) is 0 Å². The van der Waals surface area contributed by atoms with Crippen LogP contribution in [0.3, 0.4) is 0 Å². The van der Waals surface area contributed by atoms with Gasteiger partial charge >= 0.3 is 0 Å². The lowest BCUT2D eigenvalue weighted by Gasteiger charge is -2.26. The maximum atomic E-state index is 6.60. The van der Waals surface area contributed by atoms with Gasteiger partial charge in [0.1, 0.15) is 12.0 Å². The Labute approximate surface area is 183 Å². The van der Waals surface area contributed by atoms with E-state index in [1.165, 1.54) is 22.3 Å². The first kappa shape index (κ1) is 20.4. The normalized spacial score (nSPS) is 10.6. The van der Waals surface area contributed by atoms with Crippen molar-refractivity contribution in [2.75, 3.05) is 16.0 Å². The Morgan fingerprint density at radius 1 is 0.774 bits per heavy atom. The first-order valence-electron chi connectivity index (χ1n) is 10.4. The molecular formula is C26H27N5. The summed E-state index contributed by atoms with van der Waals surface area (Å²) in [6.45, 7) is 5.57. The van der Waals surface area contributed by atoms with Crippen LogP contribution in [0.4, 0.5) is 23.0 Å². The van der Waals surface area contributed by atoms with Crippen LogP contribution in [0, 0.1) is 13.8 Å². The molecule has 4 aromatic rings. The molecule has 0 spiro atoms. The van der Waals surface area contributed by atoms with Gasteiger partial charge in [-0.3, -0.25) is 0 Å². The van der Waals surface area contributed by atoms with Crippen LogP contribution in [0.2, 0.25) is 0 Å². The van der Waals surface area contributed by atoms with Crippen molar-refractivity contribution >= 4 is 23.0 Å². The van der Waals surface area contributed by atoms with E-state index in [2.05, 4.69) is 64.4 Å². The molecule has 0 aliphatic carbocycles. The minimum Gasteiger partial charge on any atom is -0.393 e. The number of hydrogen-bond acceptors (Lipinski definition) is 5. The van der Waals surface area contributed by atoms with Crippen molar-refractivity contribution in [2.45, 2.75) is 26.9 Å². The Hall–Kier alpha value is -3.86. The maximum absolute atomic E-state index is 6.60. The molecule has 0 amide bonds. The second kappa shape index (κ2) is 9.30. The van der Waals surface area contributed by atoms with Gasteiger partial charge in [0.15, 0.2) is 11.6 Å². The van der Waals surface area contributed by atoms with Crippen LogP contribution in [0.25, 0.3) is 0 Å². The van der Waals surface area contributed by atoms with E-state index < -0.39 is 0 Å². The van der Waals surface area contributed by atoms with Crippen molar-refractivity contribution in [3.63, 3.8) is 0 Å². The van der Waals surface area contributed by atoms with E-state index in [9.17, 15) is 0 Å². The molecule has 1 aromatic heterocycles. The zero-order valence-electron chi connectivity index (χ0n) is 17.9. The molecule has 3 aromatic carbocycles. The molecule has 0 bridgehead atoms. The lowest BCUT2D eigenvalue weighted by Crippen LogP contribution is -2.24. The minimum atomic E-state index is 0.537. The van der Waals surface area contributed by atoms with Gasteiger partial charge in [0, 0.05) is 18.8 Å². The lowest BCUT2D eigenvalue weighted by molar-refractivity contribution is 0.782. The molecule has 5 nitrogen and oxygen atoms in total. The average molecular weight is 410 g/mol. The van der Waals surface area contributed by atoms with Crippen LogP contribution < -0.4 is 16.0 Å². The molecule has 0 saturated carbocycles. The number of anilines is 4. The predicted molar refractivity (Wildman–Crippen MR) is 128 cm³/mol. The maximum Gasteiger partial charge on any atom is 0.159 e. The van der Waals surface area contributed by atoms with Gasteiger partial charge in [-0.2, -0.15) is 0 Å². The van der Waals surface area contributed by atoms with Crippen molar-refractivity contribution in [3.05, 3.63) is 107 Å². The molecule has 4 rings (SSSR count). The standard InChI is InChI=1S/C26H27N5/c1-19-10-9-15-23(20(19)2)30-25-24(27)26(29-18-28-25)31(16-21-11-5-3-6-12-21)17-22-13-7-4-8-14-22/h3-15,18H,16-17,27H2,1-2H3,(H,28,29,30). The summed E-state index contributed by atoms with van der Waals surface area (Å²) in [5.41, 5.74) is 12.9. The predicted octanol–water partition coefficient (Wildman–Crippen LogP) is 5.63. The number of aryl methyl sites for hydroxylation is 1. The molecule has 1 heterocycles. The number of nitrogen functional groups attached to an aromatic ring is 1. The lowest BCUT2D eigenvalue weighted by atomic mass is 10.1. The Kier molecular flexibility index (Phi) is 6.13. The number of hydrogen-bond donors (Lipinski definition) is 2. The minimum absolute atomic E-state index is 0.537. The number of rotatable bonds is 7.